The van der Waals surface area contributed by atoms with Gasteiger partial charge in [0.1, 0.15) is 0 Å². The molecule has 1 atom stereocenters. The van der Waals surface area contributed by atoms with E-state index in [4.69, 9.17) is 0 Å². The maximum atomic E-state index is 3.62. The van der Waals surface area contributed by atoms with Crippen molar-refractivity contribution in [2.75, 3.05) is 18.1 Å². The predicted molar refractivity (Wildman–Crippen MR) is 77.8 cm³/mol. The topological polar surface area (TPSA) is 12.0 Å². The van der Waals surface area contributed by atoms with Crippen molar-refractivity contribution in [2.45, 2.75) is 33.7 Å². The van der Waals surface area contributed by atoms with Crippen LogP contribution in [0.15, 0.2) is 12.1 Å². The summed E-state index contributed by atoms with van der Waals surface area (Å²) in [7, 11) is 0. The molecule has 2 rings (SSSR count). The van der Waals surface area contributed by atoms with E-state index in [0.29, 0.717) is 0 Å². The molecule has 0 spiro atoms. The molecule has 1 aromatic rings. The third-order valence-electron chi connectivity index (χ3n) is 3.72. The fourth-order valence-corrected chi connectivity index (χ4v) is 3.65. The minimum atomic E-state index is 0.895. The molecular weight excluding hydrogens is 226 g/mol. The fraction of sp³-hybridized carbons (Fsp3) is 0.600. The first-order chi connectivity index (χ1) is 8.16. The van der Waals surface area contributed by atoms with Gasteiger partial charge in [0.05, 0.1) is 0 Å². The first kappa shape index (κ1) is 13.0. The Hall–Kier alpha value is -0.470. The molecule has 17 heavy (non-hydrogen) atoms. The third-order valence-corrected chi connectivity index (χ3v) is 4.96. The van der Waals surface area contributed by atoms with Crippen LogP contribution in [0, 0.1) is 26.7 Å². The molecule has 0 saturated carbocycles. The molecule has 1 aliphatic rings. The van der Waals surface area contributed by atoms with Crippen molar-refractivity contribution < 1.29 is 0 Å². The van der Waals surface area contributed by atoms with Gasteiger partial charge in [-0.3, -0.25) is 0 Å². The van der Waals surface area contributed by atoms with Crippen LogP contribution in [-0.2, 0) is 6.54 Å². The van der Waals surface area contributed by atoms with Crippen molar-refractivity contribution >= 4 is 11.8 Å². The summed E-state index contributed by atoms with van der Waals surface area (Å²) in [4.78, 5) is 0. The summed E-state index contributed by atoms with van der Waals surface area (Å²) in [5.74, 6) is 3.60. The molecule has 0 bridgehead atoms. The van der Waals surface area contributed by atoms with E-state index in [1.807, 2.05) is 0 Å². The maximum Gasteiger partial charge on any atom is 0.0208 e. The summed E-state index contributed by atoms with van der Waals surface area (Å²) in [5, 5.41) is 3.62. The Balaban J connectivity index is 1.87. The number of thioether (sulfide) groups is 1. The van der Waals surface area contributed by atoms with Crippen molar-refractivity contribution in [2.24, 2.45) is 5.92 Å². The van der Waals surface area contributed by atoms with E-state index in [1.165, 1.54) is 46.7 Å². The molecule has 2 heteroatoms. The second-order valence-electron chi connectivity index (χ2n) is 5.22. The molecule has 0 radical (unpaired) electrons. The highest BCUT2D eigenvalue weighted by molar-refractivity contribution is 7.99. The molecule has 1 heterocycles. The van der Waals surface area contributed by atoms with Gasteiger partial charge in [-0.05, 0) is 73.4 Å². The monoisotopic (exact) mass is 249 g/mol. The smallest absolute Gasteiger partial charge is 0.0208 e. The lowest BCUT2D eigenvalue weighted by molar-refractivity contribution is 0.522. The summed E-state index contributed by atoms with van der Waals surface area (Å²) < 4.78 is 0. The molecular formula is C15H23NS. The molecule has 1 aromatic carbocycles. The van der Waals surface area contributed by atoms with Gasteiger partial charge in [0, 0.05) is 6.54 Å². The van der Waals surface area contributed by atoms with E-state index in [1.54, 1.807) is 0 Å². The van der Waals surface area contributed by atoms with Crippen LogP contribution in [0.3, 0.4) is 0 Å². The summed E-state index contributed by atoms with van der Waals surface area (Å²) in [6.07, 6.45) is 1.39. The van der Waals surface area contributed by atoms with Crippen molar-refractivity contribution in [1.29, 1.82) is 0 Å². The summed E-state index contributed by atoms with van der Waals surface area (Å²) >= 11 is 2.10. The van der Waals surface area contributed by atoms with Crippen molar-refractivity contribution in [3.05, 3.63) is 34.4 Å². The number of benzene rings is 1. The highest BCUT2D eigenvalue weighted by Gasteiger charge is 2.14. The zero-order valence-corrected chi connectivity index (χ0v) is 12.0. The number of hydrogen-bond acceptors (Lipinski definition) is 2. The Morgan fingerprint density at radius 2 is 1.94 bits per heavy atom. The summed E-state index contributed by atoms with van der Waals surface area (Å²) in [6, 6.07) is 4.64. The van der Waals surface area contributed by atoms with Gasteiger partial charge in [0.2, 0.25) is 0 Å². The Bertz CT molecular complexity index is 381. The first-order valence-electron chi connectivity index (χ1n) is 6.52. The van der Waals surface area contributed by atoms with Gasteiger partial charge >= 0.3 is 0 Å². The van der Waals surface area contributed by atoms with Crippen LogP contribution in [0.2, 0.25) is 0 Å². The van der Waals surface area contributed by atoms with Crippen LogP contribution in [0.1, 0.15) is 28.7 Å². The minimum absolute atomic E-state index is 0.895. The van der Waals surface area contributed by atoms with Gasteiger partial charge in [-0.2, -0.15) is 11.8 Å². The van der Waals surface area contributed by atoms with Crippen LogP contribution in [0.4, 0.5) is 0 Å². The molecule has 1 nitrogen and oxygen atoms in total. The highest BCUT2D eigenvalue weighted by atomic mass is 32.2. The third kappa shape index (κ3) is 3.49. The minimum Gasteiger partial charge on any atom is -0.312 e. The molecule has 0 aromatic heterocycles. The number of rotatable bonds is 4. The average molecular weight is 249 g/mol. The zero-order chi connectivity index (χ0) is 12.3. The Labute approximate surface area is 109 Å². The quantitative estimate of drug-likeness (QED) is 0.877. The standard InChI is InChI=1S/C15H23NS/c1-11-6-13(3)15(7-12(11)2)9-16-8-14-4-5-17-10-14/h6-7,14,16H,4-5,8-10H2,1-3H3. The number of aryl methyl sites for hydroxylation is 3. The SMILES string of the molecule is Cc1cc(C)c(CNCC2CCSC2)cc1C. The number of hydrogen-bond donors (Lipinski definition) is 1. The van der Waals surface area contributed by atoms with E-state index < -0.39 is 0 Å². The van der Waals surface area contributed by atoms with Crippen LogP contribution < -0.4 is 5.32 Å². The molecule has 1 unspecified atom stereocenters. The molecule has 1 saturated heterocycles. The average Bonchev–Trinajstić information content (AvgIpc) is 2.78. The maximum absolute atomic E-state index is 3.62. The second kappa shape index (κ2) is 5.92. The number of nitrogens with one attached hydrogen (secondary N) is 1. The van der Waals surface area contributed by atoms with E-state index in [0.717, 1.165) is 12.5 Å². The Morgan fingerprint density at radius 1 is 1.18 bits per heavy atom. The fourth-order valence-electron chi connectivity index (χ4n) is 2.37. The molecule has 0 amide bonds. The Kier molecular flexibility index (Phi) is 4.52. The lowest BCUT2D eigenvalue weighted by atomic mass is 10.0. The van der Waals surface area contributed by atoms with Crippen LogP contribution in [-0.4, -0.2) is 18.1 Å². The van der Waals surface area contributed by atoms with E-state index >= 15 is 0 Å². The van der Waals surface area contributed by atoms with Crippen molar-refractivity contribution in [3.8, 4) is 0 Å². The van der Waals surface area contributed by atoms with Gasteiger partial charge in [0.25, 0.3) is 0 Å². The van der Waals surface area contributed by atoms with Crippen LogP contribution in [0.25, 0.3) is 0 Å². The molecule has 0 aliphatic carbocycles. The summed E-state index contributed by atoms with van der Waals surface area (Å²) in [6.45, 7) is 8.81. The molecule has 1 N–H and O–H groups in total. The van der Waals surface area contributed by atoms with Gasteiger partial charge in [-0.25, -0.2) is 0 Å². The van der Waals surface area contributed by atoms with Crippen molar-refractivity contribution in [3.63, 3.8) is 0 Å². The summed E-state index contributed by atoms with van der Waals surface area (Å²) in [5.41, 5.74) is 5.68. The normalized spacial score (nSPS) is 19.8. The van der Waals surface area contributed by atoms with Gasteiger partial charge in [-0.15, -0.1) is 0 Å². The lowest BCUT2D eigenvalue weighted by Gasteiger charge is -2.13. The molecule has 94 valence electrons. The molecule has 1 fully saturated rings. The lowest BCUT2D eigenvalue weighted by Crippen LogP contribution is -2.22. The van der Waals surface area contributed by atoms with Gasteiger partial charge in [0.15, 0.2) is 0 Å². The van der Waals surface area contributed by atoms with E-state index in [9.17, 15) is 0 Å². The zero-order valence-electron chi connectivity index (χ0n) is 11.2. The largest absolute Gasteiger partial charge is 0.312 e. The van der Waals surface area contributed by atoms with E-state index in [2.05, 4.69) is 50.0 Å². The first-order valence-corrected chi connectivity index (χ1v) is 7.67. The Morgan fingerprint density at radius 3 is 2.65 bits per heavy atom. The van der Waals surface area contributed by atoms with Gasteiger partial charge < -0.3 is 5.32 Å². The second-order valence-corrected chi connectivity index (χ2v) is 6.37. The van der Waals surface area contributed by atoms with Crippen molar-refractivity contribution in [1.82, 2.24) is 5.32 Å². The van der Waals surface area contributed by atoms with E-state index in [-0.39, 0.29) is 0 Å². The van der Waals surface area contributed by atoms with Crippen LogP contribution in [0.5, 0.6) is 0 Å². The van der Waals surface area contributed by atoms with Gasteiger partial charge in [-0.1, -0.05) is 12.1 Å². The highest BCUT2D eigenvalue weighted by Crippen LogP contribution is 2.22. The predicted octanol–water partition coefficient (Wildman–Crippen LogP) is 3.45. The van der Waals surface area contributed by atoms with Crippen LogP contribution >= 0.6 is 11.8 Å². The molecule has 1 aliphatic heterocycles.